The SMILES string of the molecule is Cc1cccc2c1Cc1[c]cccc1-2. The maximum absolute atomic E-state index is 3.32. The molecule has 0 aromatic heterocycles. The van der Waals surface area contributed by atoms with Crippen molar-refractivity contribution >= 4 is 0 Å². The molecule has 0 nitrogen and oxygen atoms in total. The number of fused-ring (bicyclic) bond motifs is 3. The summed E-state index contributed by atoms with van der Waals surface area (Å²) in [6.45, 7) is 2.19. The summed E-state index contributed by atoms with van der Waals surface area (Å²) in [5.41, 5.74) is 6.98. The predicted molar refractivity (Wildman–Crippen MR) is 58.3 cm³/mol. The molecule has 0 unspecified atom stereocenters. The minimum atomic E-state index is 1.05. The van der Waals surface area contributed by atoms with Crippen LogP contribution in [-0.2, 0) is 6.42 Å². The first-order valence-corrected chi connectivity index (χ1v) is 4.95. The summed E-state index contributed by atoms with van der Waals surface area (Å²) in [5.74, 6) is 0. The summed E-state index contributed by atoms with van der Waals surface area (Å²) < 4.78 is 0. The van der Waals surface area contributed by atoms with Crippen LogP contribution in [0.5, 0.6) is 0 Å². The third-order valence-electron chi connectivity index (χ3n) is 3.00. The van der Waals surface area contributed by atoms with Crippen molar-refractivity contribution in [3.8, 4) is 11.1 Å². The van der Waals surface area contributed by atoms with Crippen LogP contribution in [0.15, 0.2) is 36.4 Å². The van der Waals surface area contributed by atoms with Gasteiger partial charge in [-0.15, -0.1) is 0 Å². The topological polar surface area (TPSA) is 0 Å². The number of aryl methyl sites for hydroxylation is 1. The van der Waals surface area contributed by atoms with Gasteiger partial charge in [-0.1, -0.05) is 36.4 Å². The lowest BCUT2D eigenvalue weighted by Gasteiger charge is -2.02. The van der Waals surface area contributed by atoms with Crippen molar-refractivity contribution in [1.29, 1.82) is 0 Å². The Morgan fingerprint density at radius 3 is 2.86 bits per heavy atom. The Balaban J connectivity index is 2.33. The van der Waals surface area contributed by atoms with Gasteiger partial charge in [0, 0.05) is 0 Å². The second kappa shape index (κ2) is 2.71. The second-order valence-corrected chi connectivity index (χ2v) is 3.84. The van der Waals surface area contributed by atoms with Crippen LogP contribution in [0.25, 0.3) is 11.1 Å². The highest BCUT2D eigenvalue weighted by atomic mass is 14.2. The van der Waals surface area contributed by atoms with Gasteiger partial charge in [0.05, 0.1) is 0 Å². The molecular weight excluding hydrogens is 168 g/mol. The van der Waals surface area contributed by atoms with Crippen LogP contribution in [0.4, 0.5) is 0 Å². The zero-order chi connectivity index (χ0) is 9.54. The van der Waals surface area contributed by atoms with Gasteiger partial charge in [0.15, 0.2) is 0 Å². The van der Waals surface area contributed by atoms with E-state index in [1.165, 1.54) is 27.8 Å². The third kappa shape index (κ3) is 0.941. The first-order chi connectivity index (χ1) is 6.86. The average molecular weight is 179 g/mol. The van der Waals surface area contributed by atoms with Crippen molar-refractivity contribution in [2.24, 2.45) is 0 Å². The van der Waals surface area contributed by atoms with Gasteiger partial charge in [-0.2, -0.15) is 0 Å². The van der Waals surface area contributed by atoms with Gasteiger partial charge in [-0.3, -0.25) is 0 Å². The average Bonchev–Trinajstić information content (AvgIpc) is 2.59. The number of hydrogen-bond donors (Lipinski definition) is 0. The molecule has 1 aliphatic carbocycles. The standard InChI is InChI=1S/C14H11/c1-10-5-4-8-13-12-7-3-2-6-11(12)9-14(10)13/h2-5,7-8H,9H2,1H3. The summed E-state index contributed by atoms with van der Waals surface area (Å²) in [5, 5.41) is 0. The molecule has 0 saturated carbocycles. The van der Waals surface area contributed by atoms with E-state index in [-0.39, 0.29) is 0 Å². The predicted octanol–water partition coefficient (Wildman–Crippen LogP) is 3.37. The molecule has 1 aliphatic rings. The van der Waals surface area contributed by atoms with Crippen LogP contribution >= 0.6 is 0 Å². The van der Waals surface area contributed by atoms with E-state index in [1.807, 2.05) is 6.07 Å². The quantitative estimate of drug-likeness (QED) is 0.496. The summed E-state index contributed by atoms with van der Waals surface area (Å²) in [4.78, 5) is 0. The van der Waals surface area contributed by atoms with Crippen molar-refractivity contribution < 1.29 is 0 Å². The maximum atomic E-state index is 3.32. The summed E-state index contributed by atoms with van der Waals surface area (Å²) in [7, 11) is 0. The van der Waals surface area contributed by atoms with Crippen molar-refractivity contribution in [1.82, 2.24) is 0 Å². The molecule has 1 radical (unpaired) electrons. The Labute approximate surface area is 84.2 Å². The zero-order valence-corrected chi connectivity index (χ0v) is 8.17. The van der Waals surface area contributed by atoms with Crippen LogP contribution in [0, 0.1) is 13.0 Å². The molecule has 14 heavy (non-hydrogen) atoms. The molecule has 0 atom stereocenters. The lowest BCUT2D eigenvalue weighted by Crippen LogP contribution is -1.84. The third-order valence-corrected chi connectivity index (χ3v) is 3.00. The molecule has 0 fully saturated rings. The fourth-order valence-corrected chi connectivity index (χ4v) is 2.24. The maximum Gasteiger partial charge on any atom is -0.000465 e. The highest BCUT2D eigenvalue weighted by Gasteiger charge is 2.18. The molecule has 0 N–H and O–H groups in total. The molecule has 0 heterocycles. The normalized spacial score (nSPS) is 12.4. The van der Waals surface area contributed by atoms with Gasteiger partial charge in [0.25, 0.3) is 0 Å². The van der Waals surface area contributed by atoms with Crippen molar-refractivity contribution in [2.75, 3.05) is 0 Å². The summed E-state index contributed by atoms with van der Waals surface area (Å²) in [6, 6.07) is 16.1. The largest absolute Gasteiger partial charge is 0.0614 e. The number of benzene rings is 2. The Bertz CT molecular complexity index is 495. The van der Waals surface area contributed by atoms with E-state index in [0.29, 0.717) is 0 Å². The Morgan fingerprint density at radius 2 is 1.93 bits per heavy atom. The van der Waals surface area contributed by atoms with Crippen LogP contribution in [-0.4, -0.2) is 0 Å². The van der Waals surface area contributed by atoms with E-state index < -0.39 is 0 Å². The number of hydrogen-bond acceptors (Lipinski definition) is 0. The van der Waals surface area contributed by atoms with Crippen molar-refractivity contribution in [2.45, 2.75) is 13.3 Å². The fraction of sp³-hybridized carbons (Fsp3) is 0.143. The minimum Gasteiger partial charge on any atom is -0.0614 e. The zero-order valence-electron chi connectivity index (χ0n) is 8.17. The summed E-state index contributed by atoms with van der Waals surface area (Å²) >= 11 is 0. The van der Waals surface area contributed by atoms with Crippen LogP contribution in [0.1, 0.15) is 16.7 Å². The summed E-state index contributed by atoms with van der Waals surface area (Å²) in [6.07, 6.45) is 1.05. The molecule has 2 aromatic rings. The van der Waals surface area contributed by atoms with Crippen LogP contribution in [0.2, 0.25) is 0 Å². The smallest absolute Gasteiger partial charge is 0.000465 e. The van der Waals surface area contributed by atoms with Crippen LogP contribution in [0.3, 0.4) is 0 Å². The molecule has 0 aliphatic heterocycles. The molecule has 67 valence electrons. The molecule has 0 saturated heterocycles. The van der Waals surface area contributed by atoms with Gasteiger partial charge in [0.1, 0.15) is 0 Å². The number of rotatable bonds is 0. The molecular formula is C14H11. The fourth-order valence-electron chi connectivity index (χ4n) is 2.24. The molecule has 0 heteroatoms. The highest BCUT2D eigenvalue weighted by molar-refractivity contribution is 5.77. The lowest BCUT2D eigenvalue weighted by atomic mass is 10.0. The Hall–Kier alpha value is -1.56. The second-order valence-electron chi connectivity index (χ2n) is 3.84. The molecule has 3 rings (SSSR count). The van der Waals surface area contributed by atoms with E-state index >= 15 is 0 Å². The van der Waals surface area contributed by atoms with Gasteiger partial charge < -0.3 is 0 Å². The van der Waals surface area contributed by atoms with Gasteiger partial charge in [0.2, 0.25) is 0 Å². The molecule has 2 aromatic carbocycles. The Morgan fingerprint density at radius 1 is 1.07 bits per heavy atom. The Kier molecular flexibility index (Phi) is 1.51. The lowest BCUT2D eigenvalue weighted by molar-refractivity contribution is 1.21. The monoisotopic (exact) mass is 179 g/mol. The first kappa shape index (κ1) is 7.81. The molecule has 0 bridgehead atoms. The van der Waals surface area contributed by atoms with Crippen LogP contribution < -0.4 is 0 Å². The van der Waals surface area contributed by atoms with E-state index in [2.05, 4.69) is 43.3 Å². The molecule has 0 spiro atoms. The van der Waals surface area contributed by atoms with Crippen molar-refractivity contribution in [3.63, 3.8) is 0 Å². The van der Waals surface area contributed by atoms with Gasteiger partial charge in [-0.05, 0) is 47.2 Å². The van der Waals surface area contributed by atoms with E-state index in [0.717, 1.165) is 6.42 Å². The van der Waals surface area contributed by atoms with Gasteiger partial charge >= 0.3 is 0 Å². The van der Waals surface area contributed by atoms with Crippen molar-refractivity contribution in [3.05, 3.63) is 59.2 Å². The van der Waals surface area contributed by atoms with E-state index in [9.17, 15) is 0 Å². The van der Waals surface area contributed by atoms with E-state index in [4.69, 9.17) is 0 Å². The molecule has 0 amide bonds. The highest BCUT2D eigenvalue weighted by Crippen LogP contribution is 2.37. The van der Waals surface area contributed by atoms with E-state index in [1.54, 1.807) is 0 Å². The minimum absolute atomic E-state index is 1.05. The first-order valence-electron chi connectivity index (χ1n) is 4.95. The van der Waals surface area contributed by atoms with Gasteiger partial charge in [-0.25, -0.2) is 0 Å².